The summed E-state index contributed by atoms with van der Waals surface area (Å²) in [5, 5.41) is 3.04. The Morgan fingerprint density at radius 3 is 2.85 bits per heavy atom. The number of nitrogens with one attached hydrogen (secondary N) is 1. The number of rotatable bonds is 6. The third-order valence-corrected chi connectivity index (χ3v) is 4.57. The van der Waals surface area contributed by atoms with Gasteiger partial charge in [0, 0.05) is 51.7 Å². The van der Waals surface area contributed by atoms with Crippen LogP contribution in [-0.2, 0) is 11.3 Å². The van der Waals surface area contributed by atoms with E-state index in [-0.39, 0.29) is 11.9 Å². The molecule has 1 atom stereocenters. The molecular formula is C20H26N4O2. The van der Waals surface area contributed by atoms with E-state index in [0.717, 1.165) is 35.7 Å². The van der Waals surface area contributed by atoms with E-state index in [1.807, 2.05) is 50.5 Å². The molecule has 1 aliphatic heterocycles. The average Bonchev–Trinajstić information content (AvgIpc) is 2.77. The number of aromatic nitrogens is 1. The number of amides is 1. The fourth-order valence-electron chi connectivity index (χ4n) is 3.17. The molecule has 1 N–H and O–H groups in total. The summed E-state index contributed by atoms with van der Waals surface area (Å²) in [7, 11) is 3.70. The second-order valence-electron chi connectivity index (χ2n) is 6.71. The summed E-state index contributed by atoms with van der Waals surface area (Å²) >= 11 is 0. The zero-order valence-electron chi connectivity index (χ0n) is 15.6. The molecule has 3 rings (SSSR count). The number of para-hydroxylation sites is 1. The van der Waals surface area contributed by atoms with Crippen LogP contribution in [0.3, 0.4) is 0 Å². The van der Waals surface area contributed by atoms with Crippen molar-refractivity contribution in [2.24, 2.45) is 0 Å². The van der Waals surface area contributed by atoms with Crippen molar-refractivity contribution in [3.8, 4) is 0 Å². The summed E-state index contributed by atoms with van der Waals surface area (Å²) in [4.78, 5) is 21.2. The van der Waals surface area contributed by atoms with Crippen molar-refractivity contribution in [1.29, 1.82) is 0 Å². The highest BCUT2D eigenvalue weighted by molar-refractivity contribution is 6.00. The number of carbonyl (C=O) groups excluding carboxylic acids is 1. The first-order chi connectivity index (χ1) is 12.6. The quantitative estimate of drug-likeness (QED) is 0.863. The maximum atomic E-state index is 12.4. The number of carbonyl (C=O) groups is 1. The monoisotopic (exact) mass is 354 g/mol. The summed E-state index contributed by atoms with van der Waals surface area (Å²) in [5.74, 6) is 0.913. The highest BCUT2D eigenvalue weighted by atomic mass is 16.5. The highest BCUT2D eigenvalue weighted by Crippen LogP contribution is 2.25. The molecule has 1 aliphatic rings. The van der Waals surface area contributed by atoms with Gasteiger partial charge < -0.3 is 19.9 Å². The van der Waals surface area contributed by atoms with E-state index in [0.29, 0.717) is 13.2 Å². The van der Waals surface area contributed by atoms with E-state index in [9.17, 15) is 4.79 Å². The molecule has 0 aliphatic carbocycles. The van der Waals surface area contributed by atoms with E-state index in [4.69, 9.17) is 4.74 Å². The molecule has 0 saturated carbocycles. The third-order valence-electron chi connectivity index (χ3n) is 4.57. The van der Waals surface area contributed by atoms with Crippen LogP contribution in [0.5, 0.6) is 0 Å². The van der Waals surface area contributed by atoms with Crippen LogP contribution in [0.15, 0.2) is 42.6 Å². The first-order valence-corrected chi connectivity index (χ1v) is 8.88. The van der Waals surface area contributed by atoms with Gasteiger partial charge in [0.25, 0.3) is 5.91 Å². The predicted octanol–water partition coefficient (Wildman–Crippen LogP) is 2.30. The lowest BCUT2D eigenvalue weighted by molar-refractivity contribution is 0.0945. The van der Waals surface area contributed by atoms with Crippen molar-refractivity contribution in [2.45, 2.75) is 19.5 Å². The van der Waals surface area contributed by atoms with Crippen LogP contribution >= 0.6 is 0 Å². The molecule has 0 fully saturated rings. The number of hydrogen-bond acceptors (Lipinski definition) is 5. The number of hydrogen-bond donors (Lipinski definition) is 1. The van der Waals surface area contributed by atoms with Gasteiger partial charge in [0.05, 0.1) is 12.2 Å². The summed E-state index contributed by atoms with van der Waals surface area (Å²) < 4.78 is 5.11. The predicted molar refractivity (Wildman–Crippen MR) is 104 cm³/mol. The van der Waals surface area contributed by atoms with Crippen LogP contribution in [-0.4, -0.2) is 50.8 Å². The van der Waals surface area contributed by atoms with Crippen molar-refractivity contribution in [3.63, 3.8) is 0 Å². The molecule has 2 aromatic rings. The lowest BCUT2D eigenvalue weighted by Crippen LogP contribution is -2.38. The Hall–Kier alpha value is -2.60. The van der Waals surface area contributed by atoms with Gasteiger partial charge in [-0.25, -0.2) is 4.98 Å². The van der Waals surface area contributed by atoms with Crippen molar-refractivity contribution < 1.29 is 9.53 Å². The molecule has 0 spiro atoms. The first-order valence-electron chi connectivity index (χ1n) is 8.88. The first kappa shape index (κ1) is 18.2. The number of anilines is 2. The van der Waals surface area contributed by atoms with E-state index in [2.05, 4.69) is 26.2 Å². The van der Waals surface area contributed by atoms with Crippen molar-refractivity contribution in [2.75, 3.05) is 43.7 Å². The van der Waals surface area contributed by atoms with Gasteiger partial charge in [-0.05, 0) is 30.7 Å². The third kappa shape index (κ3) is 4.14. The standard InChI is InChI=1S/C20H26N4O2/c1-15-13-24(18-7-5-4-6-17(18)20(25)22-15)14-16-8-9-19(21-12-16)23(2)10-11-26-3/h4-9,12,15H,10-11,13-14H2,1-3H3,(H,22,25). The lowest BCUT2D eigenvalue weighted by atomic mass is 10.1. The Morgan fingerprint density at radius 2 is 2.12 bits per heavy atom. The minimum absolute atomic E-state index is 0.0103. The van der Waals surface area contributed by atoms with Crippen LogP contribution in [0.25, 0.3) is 0 Å². The van der Waals surface area contributed by atoms with E-state index < -0.39 is 0 Å². The van der Waals surface area contributed by atoms with Gasteiger partial charge in [-0.1, -0.05) is 18.2 Å². The zero-order valence-corrected chi connectivity index (χ0v) is 15.6. The Kier molecular flexibility index (Phi) is 5.73. The second-order valence-corrected chi connectivity index (χ2v) is 6.71. The SMILES string of the molecule is COCCN(C)c1ccc(CN2CC(C)NC(=O)c3ccccc32)cn1. The van der Waals surface area contributed by atoms with Gasteiger partial charge in [0.15, 0.2) is 0 Å². The molecule has 0 radical (unpaired) electrons. The van der Waals surface area contributed by atoms with Crippen LogP contribution in [0.2, 0.25) is 0 Å². The van der Waals surface area contributed by atoms with Crippen molar-refractivity contribution >= 4 is 17.4 Å². The minimum atomic E-state index is -0.0103. The van der Waals surface area contributed by atoms with Crippen molar-refractivity contribution in [3.05, 3.63) is 53.7 Å². The molecule has 1 unspecified atom stereocenters. The number of nitrogens with zero attached hydrogens (tertiary/aromatic N) is 3. The molecule has 2 heterocycles. The number of likely N-dealkylation sites (N-methyl/N-ethyl adjacent to an activating group) is 1. The molecule has 0 saturated heterocycles. The topological polar surface area (TPSA) is 57.7 Å². The maximum absolute atomic E-state index is 12.4. The largest absolute Gasteiger partial charge is 0.383 e. The molecule has 1 amide bonds. The van der Waals surface area contributed by atoms with E-state index >= 15 is 0 Å². The molecular weight excluding hydrogens is 328 g/mol. The zero-order chi connectivity index (χ0) is 18.5. The smallest absolute Gasteiger partial charge is 0.253 e. The maximum Gasteiger partial charge on any atom is 0.253 e. The summed E-state index contributed by atoms with van der Waals surface area (Å²) in [5.41, 5.74) is 2.81. The molecule has 138 valence electrons. The van der Waals surface area contributed by atoms with Gasteiger partial charge in [-0.3, -0.25) is 4.79 Å². The van der Waals surface area contributed by atoms with Gasteiger partial charge in [-0.2, -0.15) is 0 Å². The Bertz CT molecular complexity index is 748. The molecule has 0 bridgehead atoms. The molecule has 26 heavy (non-hydrogen) atoms. The summed E-state index contributed by atoms with van der Waals surface area (Å²) in [6, 6.07) is 12.0. The van der Waals surface area contributed by atoms with Gasteiger partial charge >= 0.3 is 0 Å². The number of benzene rings is 1. The highest BCUT2D eigenvalue weighted by Gasteiger charge is 2.23. The van der Waals surface area contributed by atoms with Crippen LogP contribution in [0.4, 0.5) is 11.5 Å². The van der Waals surface area contributed by atoms with Crippen LogP contribution in [0, 0.1) is 0 Å². The molecule has 6 nitrogen and oxygen atoms in total. The molecule has 1 aromatic heterocycles. The molecule has 1 aromatic carbocycles. The fraction of sp³-hybridized carbons (Fsp3) is 0.400. The Morgan fingerprint density at radius 1 is 1.31 bits per heavy atom. The number of methoxy groups -OCH3 is 1. The fourth-order valence-corrected chi connectivity index (χ4v) is 3.17. The van der Waals surface area contributed by atoms with Crippen LogP contribution < -0.4 is 15.1 Å². The second kappa shape index (κ2) is 8.19. The number of fused-ring (bicyclic) bond motifs is 1. The number of pyridine rings is 1. The van der Waals surface area contributed by atoms with E-state index in [1.54, 1.807) is 7.11 Å². The summed E-state index contributed by atoms with van der Waals surface area (Å²) in [6.07, 6.45) is 1.91. The number of ether oxygens (including phenoxy) is 1. The minimum Gasteiger partial charge on any atom is -0.383 e. The normalized spacial score (nSPS) is 16.7. The Balaban J connectivity index is 1.77. The summed E-state index contributed by atoms with van der Waals surface area (Å²) in [6.45, 7) is 4.98. The van der Waals surface area contributed by atoms with Gasteiger partial charge in [0.1, 0.15) is 5.82 Å². The van der Waals surface area contributed by atoms with Gasteiger partial charge in [-0.15, -0.1) is 0 Å². The van der Waals surface area contributed by atoms with E-state index in [1.165, 1.54) is 0 Å². The van der Waals surface area contributed by atoms with Gasteiger partial charge in [0.2, 0.25) is 0 Å². The lowest BCUT2D eigenvalue weighted by Gasteiger charge is -2.26. The Labute approximate surface area is 154 Å². The van der Waals surface area contributed by atoms with Crippen LogP contribution in [0.1, 0.15) is 22.8 Å². The van der Waals surface area contributed by atoms with Crippen molar-refractivity contribution in [1.82, 2.24) is 10.3 Å². The average molecular weight is 354 g/mol. The molecule has 6 heteroatoms.